The molecule has 0 radical (unpaired) electrons. The number of aryl methyl sites for hydroxylation is 1. The maximum Gasteiger partial charge on any atom is 0.274 e. The third kappa shape index (κ3) is 3.93. The summed E-state index contributed by atoms with van der Waals surface area (Å²) < 4.78 is 9.99. The number of imidazole rings is 1. The summed E-state index contributed by atoms with van der Waals surface area (Å²) in [6, 6.07) is 19.8. The van der Waals surface area contributed by atoms with E-state index < -0.39 is 0 Å². The molecule has 0 bridgehead atoms. The van der Waals surface area contributed by atoms with Gasteiger partial charge >= 0.3 is 0 Å². The fourth-order valence-corrected chi connectivity index (χ4v) is 5.96. The van der Waals surface area contributed by atoms with Gasteiger partial charge in [0.05, 0.1) is 24.5 Å². The standard InChI is InChI=1S/C24H16Br2N2O2S/c1-14-5-4-6-15(9-14)13-30-22-17(25)10-16(11-18(22)26)12-21-23(29)28-20-8-3-2-7-19(20)27-24(28)31-21/h2-12H,13H2,1H3/b21-12-. The van der Waals surface area contributed by atoms with Gasteiger partial charge in [-0.2, -0.15) is 0 Å². The van der Waals surface area contributed by atoms with Crippen molar-refractivity contribution in [3.05, 3.63) is 101 Å². The molecule has 5 aromatic rings. The number of rotatable bonds is 4. The highest BCUT2D eigenvalue weighted by Gasteiger charge is 2.12. The number of aromatic nitrogens is 2. The molecule has 7 heteroatoms. The highest BCUT2D eigenvalue weighted by molar-refractivity contribution is 9.11. The first-order valence-corrected chi connectivity index (χ1v) is 12.0. The lowest BCUT2D eigenvalue weighted by molar-refractivity contribution is 0.302. The van der Waals surface area contributed by atoms with Gasteiger partial charge in [0.15, 0.2) is 4.96 Å². The zero-order valence-corrected chi connectivity index (χ0v) is 20.4. The summed E-state index contributed by atoms with van der Waals surface area (Å²) in [6.45, 7) is 2.54. The lowest BCUT2D eigenvalue weighted by atomic mass is 10.1. The van der Waals surface area contributed by atoms with Crippen LogP contribution >= 0.6 is 43.2 Å². The summed E-state index contributed by atoms with van der Waals surface area (Å²) in [6.07, 6.45) is 1.89. The Morgan fingerprint density at radius 3 is 2.61 bits per heavy atom. The molecule has 0 aliphatic heterocycles. The van der Waals surface area contributed by atoms with Crippen molar-refractivity contribution in [3.8, 4) is 5.75 Å². The molecule has 0 aliphatic carbocycles. The Labute approximate surface area is 199 Å². The third-order valence-corrected chi connectivity index (χ3v) is 7.08. The third-order valence-electron chi connectivity index (χ3n) is 4.93. The molecular weight excluding hydrogens is 540 g/mol. The van der Waals surface area contributed by atoms with Crippen molar-refractivity contribution < 1.29 is 4.74 Å². The number of ether oxygens (including phenoxy) is 1. The molecule has 0 N–H and O–H groups in total. The van der Waals surface area contributed by atoms with E-state index in [4.69, 9.17) is 4.74 Å². The van der Waals surface area contributed by atoms with Crippen molar-refractivity contribution in [1.82, 2.24) is 9.38 Å². The van der Waals surface area contributed by atoms with Crippen molar-refractivity contribution in [1.29, 1.82) is 0 Å². The molecule has 0 aliphatic rings. The summed E-state index contributed by atoms with van der Waals surface area (Å²) in [7, 11) is 0. The summed E-state index contributed by atoms with van der Waals surface area (Å²) in [5, 5.41) is 0. The molecule has 0 fully saturated rings. The summed E-state index contributed by atoms with van der Waals surface area (Å²) in [4.78, 5) is 18.3. The Morgan fingerprint density at radius 1 is 1.06 bits per heavy atom. The van der Waals surface area contributed by atoms with Crippen LogP contribution in [0.1, 0.15) is 16.7 Å². The van der Waals surface area contributed by atoms with Gasteiger partial charge in [-0.1, -0.05) is 53.3 Å². The van der Waals surface area contributed by atoms with E-state index in [0.29, 0.717) is 16.1 Å². The summed E-state index contributed by atoms with van der Waals surface area (Å²) in [5.41, 5.74) is 4.82. The van der Waals surface area contributed by atoms with E-state index in [1.165, 1.54) is 16.9 Å². The molecule has 0 saturated carbocycles. The molecule has 2 aromatic heterocycles. The molecule has 0 unspecified atom stereocenters. The monoisotopic (exact) mass is 554 g/mol. The van der Waals surface area contributed by atoms with Crippen LogP contribution in [0.5, 0.6) is 5.75 Å². The number of fused-ring (bicyclic) bond motifs is 3. The van der Waals surface area contributed by atoms with E-state index in [1.54, 1.807) is 4.40 Å². The minimum atomic E-state index is -0.0549. The maximum atomic E-state index is 13.0. The van der Waals surface area contributed by atoms with E-state index in [0.717, 1.165) is 36.9 Å². The van der Waals surface area contributed by atoms with Gasteiger partial charge in [-0.25, -0.2) is 9.38 Å². The molecule has 0 amide bonds. The van der Waals surface area contributed by atoms with Crippen LogP contribution in [-0.4, -0.2) is 9.38 Å². The van der Waals surface area contributed by atoms with Crippen LogP contribution < -0.4 is 14.8 Å². The molecule has 2 heterocycles. The van der Waals surface area contributed by atoms with Crippen molar-refractivity contribution in [3.63, 3.8) is 0 Å². The number of thiazole rings is 1. The topological polar surface area (TPSA) is 43.6 Å². The molecule has 4 nitrogen and oxygen atoms in total. The van der Waals surface area contributed by atoms with Crippen molar-refractivity contribution >= 4 is 65.3 Å². The van der Waals surface area contributed by atoms with Gasteiger partial charge in [0.25, 0.3) is 5.56 Å². The van der Waals surface area contributed by atoms with Gasteiger partial charge in [0.2, 0.25) is 0 Å². The van der Waals surface area contributed by atoms with Gasteiger partial charge in [-0.3, -0.25) is 4.79 Å². The van der Waals surface area contributed by atoms with Crippen LogP contribution in [0.15, 0.2) is 74.4 Å². The molecule has 0 atom stereocenters. The fraction of sp³-hybridized carbons (Fsp3) is 0.0833. The number of hydrogen-bond donors (Lipinski definition) is 0. The zero-order chi connectivity index (χ0) is 21.5. The Morgan fingerprint density at radius 2 is 1.84 bits per heavy atom. The number of para-hydroxylation sites is 2. The van der Waals surface area contributed by atoms with Crippen molar-refractivity contribution in [2.45, 2.75) is 13.5 Å². The molecule has 3 aromatic carbocycles. The largest absolute Gasteiger partial charge is 0.487 e. The normalized spacial score (nSPS) is 12.2. The van der Waals surface area contributed by atoms with E-state index in [1.807, 2.05) is 54.6 Å². The van der Waals surface area contributed by atoms with Crippen molar-refractivity contribution in [2.24, 2.45) is 0 Å². The van der Waals surface area contributed by atoms with Crippen LogP contribution in [0.25, 0.3) is 22.1 Å². The average molecular weight is 556 g/mol. The second kappa shape index (κ2) is 8.22. The summed E-state index contributed by atoms with van der Waals surface area (Å²) >= 11 is 8.61. The quantitative estimate of drug-likeness (QED) is 0.278. The SMILES string of the molecule is Cc1cccc(COc2c(Br)cc(/C=c3\sc4nc5ccccc5n4c3=O)cc2Br)c1. The molecule has 0 spiro atoms. The van der Waals surface area contributed by atoms with Crippen LogP contribution in [0.2, 0.25) is 0 Å². The van der Waals surface area contributed by atoms with Gasteiger partial charge in [0.1, 0.15) is 12.4 Å². The Hall–Kier alpha value is -2.48. The number of halogens is 2. The smallest absolute Gasteiger partial charge is 0.274 e. The molecule has 0 saturated heterocycles. The van der Waals surface area contributed by atoms with Gasteiger partial charge in [0, 0.05) is 0 Å². The fourth-order valence-electron chi connectivity index (χ4n) is 3.52. The van der Waals surface area contributed by atoms with Gasteiger partial charge < -0.3 is 4.74 Å². The summed E-state index contributed by atoms with van der Waals surface area (Å²) in [5.74, 6) is 0.730. The number of benzene rings is 3. The van der Waals surface area contributed by atoms with Crippen molar-refractivity contribution in [2.75, 3.05) is 0 Å². The Kier molecular flexibility index (Phi) is 5.42. The number of hydrogen-bond acceptors (Lipinski definition) is 4. The van der Waals surface area contributed by atoms with E-state index >= 15 is 0 Å². The Balaban J connectivity index is 1.49. The van der Waals surface area contributed by atoms with E-state index in [-0.39, 0.29) is 5.56 Å². The minimum absolute atomic E-state index is 0.0549. The van der Waals surface area contributed by atoms with E-state index in [2.05, 4.69) is 55.9 Å². The van der Waals surface area contributed by atoms with E-state index in [9.17, 15) is 4.79 Å². The Bertz CT molecular complexity index is 1530. The minimum Gasteiger partial charge on any atom is -0.487 e. The predicted octanol–water partition coefficient (Wildman–Crippen LogP) is 5.87. The van der Waals surface area contributed by atoms with Crippen LogP contribution in [0, 0.1) is 6.92 Å². The first-order chi connectivity index (χ1) is 15.0. The first-order valence-electron chi connectivity index (χ1n) is 9.59. The maximum absolute atomic E-state index is 13.0. The lowest BCUT2D eigenvalue weighted by Crippen LogP contribution is -2.22. The second-order valence-electron chi connectivity index (χ2n) is 7.23. The lowest BCUT2D eigenvalue weighted by Gasteiger charge is -2.11. The molecular formula is C24H16Br2N2O2S. The van der Waals surface area contributed by atoms with Crippen LogP contribution in [-0.2, 0) is 6.61 Å². The second-order valence-corrected chi connectivity index (χ2v) is 9.94. The average Bonchev–Trinajstić information content (AvgIpc) is 3.24. The van der Waals surface area contributed by atoms with Crippen LogP contribution in [0.4, 0.5) is 0 Å². The predicted molar refractivity (Wildman–Crippen MR) is 133 cm³/mol. The van der Waals surface area contributed by atoms with Crippen LogP contribution in [0.3, 0.4) is 0 Å². The highest BCUT2D eigenvalue weighted by atomic mass is 79.9. The highest BCUT2D eigenvalue weighted by Crippen LogP contribution is 2.35. The molecule has 31 heavy (non-hydrogen) atoms. The zero-order valence-electron chi connectivity index (χ0n) is 16.4. The molecule has 154 valence electrons. The number of nitrogens with zero attached hydrogens (tertiary/aromatic N) is 2. The molecule has 5 rings (SSSR count). The van der Waals surface area contributed by atoms with Gasteiger partial charge in [-0.05, 0) is 80.3 Å². The first kappa shape index (κ1) is 20.4. The van der Waals surface area contributed by atoms with Gasteiger partial charge in [-0.15, -0.1) is 0 Å².